The van der Waals surface area contributed by atoms with Gasteiger partial charge in [-0.2, -0.15) is 8.78 Å². The van der Waals surface area contributed by atoms with Gasteiger partial charge in [-0.3, -0.25) is 4.79 Å². The number of hydrogen-bond acceptors (Lipinski definition) is 8. The zero-order chi connectivity index (χ0) is 36.5. The molecule has 0 spiro atoms. The molecule has 1 aliphatic carbocycles. The summed E-state index contributed by atoms with van der Waals surface area (Å²) < 4.78 is 50.6. The van der Waals surface area contributed by atoms with Crippen molar-refractivity contribution in [3.05, 3.63) is 72.3 Å². The van der Waals surface area contributed by atoms with Crippen LogP contribution >= 0.6 is 0 Å². The number of hydrogen-bond donors (Lipinski definition) is 1. The van der Waals surface area contributed by atoms with Crippen LogP contribution in [0.15, 0.2) is 66.7 Å². The molecule has 3 aromatic rings. The molecule has 12 heteroatoms. The van der Waals surface area contributed by atoms with Crippen molar-refractivity contribution < 1.29 is 42.4 Å². The SMILES string of the molecule is COCCCN1c2cc(N(C(=O)[C@H]3CN(C(=O)OC(C)(C)C)CC[C@@H]3c3cccc(-c4ccc(OC)cc4)c3)C3CC3)ccc2OC(F)(F)C1O. The number of aliphatic hydroxyl groups excluding tert-OH is 1. The van der Waals surface area contributed by atoms with Gasteiger partial charge in [-0.15, -0.1) is 0 Å². The van der Waals surface area contributed by atoms with Gasteiger partial charge >= 0.3 is 12.2 Å². The van der Waals surface area contributed by atoms with Crippen LogP contribution in [0.25, 0.3) is 11.1 Å². The molecule has 1 saturated carbocycles. The van der Waals surface area contributed by atoms with Gasteiger partial charge in [-0.05, 0) is 99.4 Å². The van der Waals surface area contributed by atoms with Gasteiger partial charge in [-0.1, -0.05) is 36.4 Å². The molecule has 6 rings (SSSR count). The summed E-state index contributed by atoms with van der Waals surface area (Å²) in [7, 11) is 3.15. The van der Waals surface area contributed by atoms with E-state index in [4.69, 9.17) is 18.9 Å². The molecule has 10 nitrogen and oxygen atoms in total. The lowest BCUT2D eigenvalue weighted by Crippen LogP contribution is -2.55. The summed E-state index contributed by atoms with van der Waals surface area (Å²) in [5.41, 5.74) is 3.05. The number of piperidine rings is 1. The maximum atomic E-state index is 15.0. The average Bonchev–Trinajstić information content (AvgIpc) is 3.94. The Bertz CT molecular complexity index is 1710. The van der Waals surface area contributed by atoms with Crippen molar-refractivity contribution in [2.45, 2.75) is 76.4 Å². The molecule has 274 valence electrons. The number of carbonyl (C=O) groups is 2. The summed E-state index contributed by atoms with van der Waals surface area (Å²) in [5, 5.41) is 10.6. The van der Waals surface area contributed by atoms with Crippen molar-refractivity contribution in [1.29, 1.82) is 0 Å². The summed E-state index contributed by atoms with van der Waals surface area (Å²) in [6, 6.07) is 20.5. The van der Waals surface area contributed by atoms with Crippen LogP contribution in [0.4, 0.5) is 25.0 Å². The van der Waals surface area contributed by atoms with E-state index in [1.807, 2.05) is 63.2 Å². The van der Waals surface area contributed by atoms with E-state index in [2.05, 4.69) is 6.07 Å². The van der Waals surface area contributed by atoms with E-state index in [0.717, 1.165) is 35.3 Å². The number of likely N-dealkylation sites (tertiary alicyclic amines) is 1. The standard InChI is InChI=1S/C39H47F2N3O7/c1-38(2,3)51-37(47)42-20-18-31(27-9-6-8-26(22-27)25-10-15-30(49-5)16-11-25)32(24-42)35(45)44(28-12-13-28)29-14-17-34-33(23-29)43(19-7-21-48-4)36(46)39(40,41)50-34/h6,8-11,14-17,22-23,28,31-32,36,46H,7,12-13,18-21,24H2,1-5H3/t31-,32+,36?/m1/s1. The van der Waals surface area contributed by atoms with Gasteiger partial charge in [-0.25, -0.2) is 4.79 Å². The first kappa shape index (κ1) is 36.4. The van der Waals surface area contributed by atoms with Gasteiger partial charge in [0.15, 0.2) is 0 Å². The Labute approximate surface area is 297 Å². The van der Waals surface area contributed by atoms with Crippen LogP contribution in [-0.4, -0.2) is 86.4 Å². The van der Waals surface area contributed by atoms with Crippen LogP contribution in [0.3, 0.4) is 0 Å². The maximum Gasteiger partial charge on any atom is 0.444 e. The highest BCUT2D eigenvalue weighted by Crippen LogP contribution is 2.46. The number of aliphatic hydroxyl groups is 1. The van der Waals surface area contributed by atoms with Crippen LogP contribution < -0.4 is 19.3 Å². The molecule has 3 aromatic carbocycles. The minimum absolute atomic E-state index is 0.0852. The number of rotatable bonds is 10. The molecule has 1 saturated heterocycles. The summed E-state index contributed by atoms with van der Waals surface area (Å²) >= 11 is 0. The lowest BCUT2D eigenvalue weighted by atomic mass is 9.78. The Kier molecular flexibility index (Phi) is 10.5. The van der Waals surface area contributed by atoms with Crippen molar-refractivity contribution >= 4 is 23.4 Å². The van der Waals surface area contributed by atoms with Crippen LogP contribution in [0, 0.1) is 5.92 Å². The molecule has 51 heavy (non-hydrogen) atoms. The van der Waals surface area contributed by atoms with Gasteiger partial charge in [0.05, 0.1) is 18.7 Å². The average molecular weight is 708 g/mol. The number of amides is 2. The zero-order valence-electron chi connectivity index (χ0n) is 29.8. The number of carbonyl (C=O) groups excluding carboxylic acids is 2. The molecule has 2 heterocycles. The molecule has 2 fully saturated rings. The molecule has 2 amide bonds. The molecule has 0 aromatic heterocycles. The number of alkyl halides is 2. The Balaban J connectivity index is 1.36. The molecule has 3 aliphatic rings. The van der Waals surface area contributed by atoms with Crippen molar-refractivity contribution in [2.75, 3.05) is 50.3 Å². The third-order valence-electron chi connectivity index (χ3n) is 9.59. The first-order valence-electron chi connectivity index (χ1n) is 17.5. The van der Waals surface area contributed by atoms with E-state index < -0.39 is 29.9 Å². The minimum atomic E-state index is -3.83. The predicted molar refractivity (Wildman–Crippen MR) is 189 cm³/mol. The third-order valence-corrected chi connectivity index (χ3v) is 9.59. The van der Waals surface area contributed by atoms with Crippen LogP contribution in [0.2, 0.25) is 0 Å². The van der Waals surface area contributed by atoms with Crippen LogP contribution in [0.1, 0.15) is 57.9 Å². The second kappa shape index (κ2) is 14.7. The molecule has 0 radical (unpaired) electrons. The van der Waals surface area contributed by atoms with Crippen molar-refractivity contribution in [3.63, 3.8) is 0 Å². The molecule has 1 N–H and O–H groups in total. The number of fused-ring (bicyclic) bond motifs is 1. The number of halogens is 2. The Hall–Kier alpha value is -4.42. The molecular weight excluding hydrogens is 660 g/mol. The number of anilines is 2. The van der Waals surface area contributed by atoms with E-state index in [9.17, 15) is 23.5 Å². The summed E-state index contributed by atoms with van der Waals surface area (Å²) in [5.74, 6) is -0.346. The second-order valence-electron chi connectivity index (χ2n) is 14.5. The number of benzene rings is 3. The molecule has 1 unspecified atom stereocenters. The fraction of sp³-hybridized carbons (Fsp3) is 0.487. The van der Waals surface area contributed by atoms with Gasteiger partial charge in [0, 0.05) is 45.1 Å². The smallest absolute Gasteiger partial charge is 0.444 e. The Morgan fingerprint density at radius 3 is 2.41 bits per heavy atom. The van der Waals surface area contributed by atoms with Crippen LogP contribution in [0.5, 0.6) is 11.5 Å². The van der Waals surface area contributed by atoms with Gasteiger partial charge < -0.3 is 38.8 Å². The number of ether oxygens (including phenoxy) is 4. The molecule has 0 bridgehead atoms. The first-order chi connectivity index (χ1) is 24.3. The normalized spacial score (nSPS) is 21.4. The highest BCUT2D eigenvalue weighted by Gasteiger charge is 2.50. The summed E-state index contributed by atoms with van der Waals surface area (Å²) in [6.45, 7) is 6.39. The Morgan fingerprint density at radius 1 is 1.00 bits per heavy atom. The fourth-order valence-corrected chi connectivity index (χ4v) is 6.96. The largest absolute Gasteiger partial charge is 0.497 e. The highest BCUT2D eigenvalue weighted by atomic mass is 19.3. The monoisotopic (exact) mass is 707 g/mol. The number of methoxy groups -OCH3 is 2. The van der Waals surface area contributed by atoms with E-state index in [1.165, 1.54) is 18.1 Å². The quantitative estimate of drug-likeness (QED) is 0.224. The zero-order valence-corrected chi connectivity index (χ0v) is 29.8. The highest BCUT2D eigenvalue weighted by molar-refractivity contribution is 5.98. The second-order valence-corrected chi connectivity index (χ2v) is 14.5. The van der Waals surface area contributed by atoms with Crippen LogP contribution in [-0.2, 0) is 14.3 Å². The van der Waals surface area contributed by atoms with E-state index in [1.54, 1.807) is 29.0 Å². The lowest BCUT2D eigenvalue weighted by molar-refractivity contribution is -0.245. The Morgan fingerprint density at radius 2 is 1.75 bits per heavy atom. The third kappa shape index (κ3) is 8.07. The molecular formula is C39H47F2N3O7. The predicted octanol–water partition coefficient (Wildman–Crippen LogP) is 7.04. The van der Waals surface area contributed by atoms with Crippen molar-refractivity contribution in [1.82, 2.24) is 4.90 Å². The van der Waals surface area contributed by atoms with E-state index in [-0.39, 0.29) is 42.4 Å². The number of nitrogens with zero attached hydrogens (tertiary/aromatic N) is 3. The summed E-state index contributed by atoms with van der Waals surface area (Å²) in [6.07, 6.45) is -4.05. The van der Waals surface area contributed by atoms with Gasteiger partial charge in [0.2, 0.25) is 12.1 Å². The molecule has 3 atom stereocenters. The first-order valence-corrected chi connectivity index (χ1v) is 17.5. The maximum absolute atomic E-state index is 15.0. The summed E-state index contributed by atoms with van der Waals surface area (Å²) in [4.78, 5) is 32.9. The fourth-order valence-electron chi connectivity index (χ4n) is 6.96. The van der Waals surface area contributed by atoms with E-state index >= 15 is 0 Å². The van der Waals surface area contributed by atoms with Gasteiger partial charge in [0.1, 0.15) is 17.1 Å². The lowest BCUT2D eigenvalue weighted by Gasteiger charge is -2.42. The van der Waals surface area contributed by atoms with Crippen molar-refractivity contribution in [2.24, 2.45) is 5.92 Å². The topological polar surface area (TPSA) is 101 Å². The minimum Gasteiger partial charge on any atom is -0.497 e. The van der Waals surface area contributed by atoms with Crippen molar-refractivity contribution in [3.8, 4) is 22.6 Å². The molecule has 2 aliphatic heterocycles. The van der Waals surface area contributed by atoms with Gasteiger partial charge in [0.25, 0.3) is 0 Å². The van der Waals surface area contributed by atoms with E-state index in [0.29, 0.717) is 31.7 Å².